The molecule has 0 saturated heterocycles. The Morgan fingerprint density at radius 1 is 1.33 bits per heavy atom. The number of halogens is 3. The molecule has 1 rings (SSSR count). The van der Waals surface area contributed by atoms with E-state index in [0.29, 0.717) is 13.1 Å². The molecule has 7 heteroatoms. The number of nitrogens with one attached hydrogen (secondary N) is 1. The number of nitrogens with zero attached hydrogens (tertiary/aromatic N) is 1. The zero-order chi connectivity index (χ0) is 16.0. The van der Waals surface area contributed by atoms with Crippen molar-refractivity contribution in [1.29, 1.82) is 0 Å². The van der Waals surface area contributed by atoms with Crippen molar-refractivity contribution in [2.24, 2.45) is 0 Å². The number of benzene rings is 1. The average molecular weight is 302 g/mol. The van der Waals surface area contributed by atoms with Gasteiger partial charge in [-0.05, 0) is 32.0 Å². The van der Waals surface area contributed by atoms with Gasteiger partial charge in [0, 0.05) is 24.3 Å². The van der Waals surface area contributed by atoms with Crippen molar-refractivity contribution >= 4 is 17.9 Å². The molecule has 116 valence electrons. The normalized spacial score (nSPS) is 11.1. The van der Waals surface area contributed by atoms with Crippen molar-refractivity contribution in [3.8, 4) is 0 Å². The first kappa shape index (κ1) is 17.0. The van der Waals surface area contributed by atoms with E-state index in [1.807, 2.05) is 0 Å². The second-order valence-electron chi connectivity index (χ2n) is 4.35. The molecule has 0 fully saturated rings. The van der Waals surface area contributed by atoms with Gasteiger partial charge in [0.15, 0.2) is 6.29 Å². The minimum Gasteiger partial charge on any atom is -0.362 e. The Balaban J connectivity index is 3.11. The third kappa shape index (κ3) is 4.47. The molecule has 0 aliphatic heterocycles. The molecule has 0 unspecified atom stereocenters. The van der Waals surface area contributed by atoms with E-state index in [-0.39, 0.29) is 24.4 Å². The van der Waals surface area contributed by atoms with Gasteiger partial charge in [-0.2, -0.15) is 13.2 Å². The minimum atomic E-state index is -4.61. The summed E-state index contributed by atoms with van der Waals surface area (Å²) in [6.07, 6.45) is -4.44. The van der Waals surface area contributed by atoms with Crippen LogP contribution in [0.4, 0.5) is 18.9 Å². The maximum Gasteiger partial charge on any atom is 0.417 e. The largest absolute Gasteiger partial charge is 0.417 e. The van der Waals surface area contributed by atoms with Gasteiger partial charge in [-0.3, -0.25) is 9.59 Å². The van der Waals surface area contributed by atoms with Crippen LogP contribution < -0.4 is 10.2 Å². The molecule has 0 radical (unpaired) electrons. The highest BCUT2D eigenvalue weighted by Crippen LogP contribution is 2.34. The predicted molar refractivity (Wildman–Crippen MR) is 73.4 cm³/mol. The van der Waals surface area contributed by atoms with E-state index in [2.05, 4.69) is 5.32 Å². The number of aldehydes is 1. The van der Waals surface area contributed by atoms with Gasteiger partial charge in [-0.1, -0.05) is 0 Å². The average Bonchev–Trinajstić information content (AvgIpc) is 2.43. The van der Waals surface area contributed by atoms with Crippen molar-refractivity contribution in [2.45, 2.75) is 20.0 Å². The molecule has 0 aliphatic rings. The second-order valence-corrected chi connectivity index (χ2v) is 4.35. The molecule has 4 nitrogen and oxygen atoms in total. The third-order valence-electron chi connectivity index (χ3n) is 2.92. The molecule has 0 aliphatic carbocycles. The fourth-order valence-corrected chi connectivity index (χ4v) is 1.90. The van der Waals surface area contributed by atoms with Crippen molar-refractivity contribution in [3.63, 3.8) is 0 Å². The summed E-state index contributed by atoms with van der Waals surface area (Å²) in [5.41, 5.74) is -1.16. The summed E-state index contributed by atoms with van der Waals surface area (Å²) in [6, 6.07) is 3.42. The second kappa shape index (κ2) is 7.10. The predicted octanol–water partition coefficient (Wildman–Crippen LogP) is 2.48. The van der Waals surface area contributed by atoms with Crippen LogP contribution in [0.5, 0.6) is 0 Å². The summed E-state index contributed by atoms with van der Waals surface area (Å²) in [6.45, 7) is 4.28. The zero-order valence-electron chi connectivity index (χ0n) is 11.8. The van der Waals surface area contributed by atoms with Gasteiger partial charge in [-0.25, -0.2) is 0 Å². The molecular weight excluding hydrogens is 285 g/mol. The maximum absolute atomic E-state index is 12.9. The zero-order valence-corrected chi connectivity index (χ0v) is 11.8. The van der Waals surface area contributed by atoms with Gasteiger partial charge in [0.2, 0.25) is 5.91 Å². The molecule has 0 atom stereocenters. The highest BCUT2D eigenvalue weighted by Gasteiger charge is 2.34. The first-order chi connectivity index (χ1) is 9.83. The van der Waals surface area contributed by atoms with Crippen LogP contribution in [0.3, 0.4) is 0 Å². The van der Waals surface area contributed by atoms with Crippen LogP contribution in [0, 0.1) is 0 Å². The Morgan fingerprint density at radius 2 is 2.00 bits per heavy atom. The Morgan fingerprint density at radius 3 is 2.48 bits per heavy atom. The molecule has 0 aromatic heterocycles. The lowest BCUT2D eigenvalue weighted by atomic mass is 10.1. The molecule has 0 saturated carbocycles. The highest BCUT2D eigenvalue weighted by atomic mass is 19.4. The fourth-order valence-electron chi connectivity index (χ4n) is 1.90. The molecule has 21 heavy (non-hydrogen) atoms. The van der Waals surface area contributed by atoms with E-state index in [1.54, 1.807) is 13.8 Å². The van der Waals surface area contributed by atoms with Crippen LogP contribution in [0.1, 0.15) is 29.8 Å². The van der Waals surface area contributed by atoms with Crippen LogP contribution in [-0.4, -0.2) is 31.8 Å². The first-order valence-corrected chi connectivity index (χ1v) is 6.51. The van der Waals surface area contributed by atoms with Gasteiger partial charge < -0.3 is 10.2 Å². The number of anilines is 1. The number of amides is 1. The topological polar surface area (TPSA) is 49.4 Å². The molecule has 0 bridgehead atoms. The summed E-state index contributed by atoms with van der Waals surface area (Å²) in [5.74, 6) is -0.271. The Kier molecular flexibility index (Phi) is 5.75. The maximum atomic E-state index is 12.9. The van der Waals surface area contributed by atoms with Crippen molar-refractivity contribution in [3.05, 3.63) is 29.3 Å². The van der Waals surface area contributed by atoms with E-state index < -0.39 is 17.3 Å². The van der Waals surface area contributed by atoms with E-state index in [0.717, 1.165) is 12.1 Å². The number of rotatable bonds is 6. The minimum absolute atomic E-state index is 0.0396. The molecular formula is C14H17F3N2O2. The van der Waals surface area contributed by atoms with Gasteiger partial charge in [-0.15, -0.1) is 0 Å². The van der Waals surface area contributed by atoms with Crippen LogP contribution in [0.15, 0.2) is 18.2 Å². The van der Waals surface area contributed by atoms with Gasteiger partial charge >= 0.3 is 6.18 Å². The van der Waals surface area contributed by atoms with Crippen molar-refractivity contribution < 1.29 is 22.8 Å². The number of carbonyl (C=O) groups is 2. The fraction of sp³-hybridized carbons (Fsp3) is 0.429. The van der Waals surface area contributed by atoms with Gasteiger partial charge in [0.1, 0.15) is 0 Å². The number of alkyl halides is 3. The van der Waals surface area contributed by atoms with E-state index in [9.17, 15) is 22.8 Å². The van der Waals surface area contributed by atoms with Crippen molar-refractivity contribution in [2.75, 3.05) is 24.5 Å². The highest BCUT2D eigenvalue weighted by molar-refractivity contribution is 5.82. The lowest BCUT2D eigenvalue weighted by Crippen LogP contribution is -2.37. The lowest BCUT2D eigenvalue weighted by Gasteiger charge is -2.23. The quantitative estimate of drug-likeness (QED) is 0.821. The Labute approximate surface area is 120 Å². The lowest BCUT2D eigenvalue weighted by molar-refractivity contribution is -0.137. The molecule has 1 aromatic carbocycles. The monoisotopic (exact) mass is 302 g/mol. The molecule has 0 spiro atoms. The van der Waals surface area contributed by atoms with Crippen molar-refractivity contribution in [1.82, 2.24) is 5.32 Å². The van der Waals surface area contributed by atoms with Crippen LogP contribution in [0.25, 0.3) is 0 Å². The summed E-state index contributed by atoms with van der Waals surface area (Å²) in [4.78, 5) is 23.8. The molecule has 0 heterocycles. The SMILES string of the molecule is CCNC(=O)CN(CC)c1ccc(C=O)c(C(F)(F)F)c1. The van der Waals surface area contributed by atoms with Crippen LogP contribution in [-0.2, 0) is 11.0 Å². The number of hydrogen-bond donors (Lipinski definition) is 1. The Bertz CT molecular complexity index is 515. The molecule has 1 amide bonds. The van der Waals surface area contributed by atoms with Crippen LogP contribution in [0.2, 0.25) is 0 Å². The van der Waals surface area contributed by atoms with E-state index in [4.69, 9.17) is 0 Å². The summed E-state index contributed by atoms with van der Waals surface area (Å²) in [7, 11) is 0. The molecule has 1 aromatic rings. The van der Waals surface area contributed by atoms with E-state index in [1.165, 1.54) is 11.0 Å². The van der Waals surface area contributed by atoms with Crippen LogP contribution >= 0.6 is 0 Å². The first-order valence-electron chi connectivity index (χ1n) is 6.51. The Hall–Kier alpha value is -2.05. The summed E-state index contributed by atoms with van der Waals surface area (Å²) < 4.78 is 38.7. The van der Waals surface area contributed by atoms with Gasteiger partial charge in [0.25, 0.3) is 0 Å². The summed E-state index contributed by atoms with van der Waals surface area (Å²) >= 11 is 0. The number of likely N-dealkylation sites (N-methyl/N-ethyl adjacent to an activating group) is 2. The number of carbonyl (C=O) groups excluding carboxylic acids is 2. The third-order valence-corrected chi connectivity index (χ3v) is 2.92. The standard InChI is InChI=1S/C14H17F3N2O2/c1-3-18-13(21)8-19(4-2)11-6-5-10(9-20)12(7-11)14(15,16)17/h5-7,9H,3-4,8H2,1-2H3,(H,18,21). The van der Waals surface area contributed by atoms with Gasteiger partial charge in [0.05, 0.1) is 12.1 Å². The summed E-state index contributed by atoms with van der Waals surface area (Å²) in [5, 5.41) is 2.59. The number of hydrogen-bond acceptors (Lipinski definition) is 3. The van der Waals surface area contributed by atoms with E-state index >= 15 is 0 Å². The molecule has 1 N–H and O–H groups in total. The smallest absolute Gasteiger partial charge is 0.362 e.